The van der Waals surface area contributed by atoms with Crippen LogP contribution in [0.4, 0.5) is 0 Å². The molecule has 2 saturated heterocycles. The van der Waals surface area contributed by atoms with Crippen LogP contribution in [-0.2, 0) is 11.2 Å². The SMILES string of the molecule is CCc1cccnc1C(=O)N1CCOC2CCN(C)CC21. The van der Waals surface area contributed by atoms with E-state index < -0.39 is 0 Å². The zero-order chi connectivity index (χ0) is 14.8. The summed E-state index contributed by atoms with van der Waals surface area (Å²) in [6.45, 7) is 5.26. The molecule has 0 saturated carbocycles. The molecule has 5 heteroatoms. The number of likely N-dealkylation sites (N-methyl/N-ethyl adjacent to an activating group) is 1. The maximum Gasteiger partial charge on any atom is 0.273 e. The minimum atomic E-state index is 0.0565. The second-order valence-corrected chi connectivity index (χ2v) is 5.89. The summed E-state index contributed by atoms with van der Waals surface area (Å²) < 4.78 is 5.86. The number of nitrogens with zero attached hydrogens (tertiary/aromatic N) is 3. The molecule has 114 valence electrons. The van der Waals surface area contributed by atoms with Gasteiger partial charge in [0.2, 0.25) is 0 Å². The Balaban J connectivity index is 1.85. The van der Waals surface area contributed by atoms with E-state index in [1.807, 2.05) is 17.0 Å². The number of morpholine rings is 1. The second-order valence-electron chi connectivity index (χ2n) is 5.89. The summed E-state index contributed by atoms with van der Waals surface area (Å²) in [5, 5.41) is 0. The van der Waals surface area contributed by atoms with Gasteiger partial charge in [-0.05, 0) is 31.5 Å². The highest BCUT2D eigenvalue weighted by Gasteiger charge is 2.39. The molecule has 1 aromatic heterocycles. The van der Waals surface area contributed by atoms with Crippen molar-refractivity contribution >= 4 is 5.91 Å². The lowest BCUT2D eigenvalue weighted by Crippen LogP contribution is -2.60. The number of hydrogen-bond acceptors (Lipinski definition) is 4. The number of hydrogen-bond donors (Lipinski definition) is 0. The number of fused-ring (bicyclic) bond motifs is 1. The Labute approximate surface area is 125 Å². The molecule has 2 aliphatic heterocycles. The molecular formula is C16H23N3O2. The lowest BCUT2D eigenvalue weighted by molar-refractivity contribution is -0.0871. The number of ether oxygens (including phenoxy) is 1. The maximum atomic E-state index is 12.9. The molecule has 5 nitrogen and oxygen atoms in total. The van der Waals surface area contributed by atoms with Gasteiger partial charge in [-0.1, -0.05) is 13.0 Å². The number of aromatic nitrogens is 1. The van der Waals surface area contributed by atoms with Gasteiger partial charge in [-0.15, -0.1) is 0 Å². The molecule has 0 radical (unpaired) electrons. The Kier molecular flexibility index (Phi) is 4.22. The number of likely N-dealkylation sites (tertiary alicyclic amines) is 1. The Morgan fingerprint density at radius 3 is 3.14 bits per heavy atom. The maximum absolute atomic E-state index is 12.9. The van der Waals surface area contributed by atoms with Crippen LogP contribution in [0, 0.1) is 0 Å². The van der Waals surface area contributed by atoms with E-state index in [0.29, 0.717) is 18.8 Å². The normalized spacial score (nSPS) is 26.5. The van der Waals surface area contributed by atoms with Gasteiger partial charge in [0.15, 0.2) is 0 Å². The van der Waals surface area contributed by atoms with Gasteiger partial charge in [0.05, 0.1) is 18.8 Å². The van der Waals surface area contributed by atoms with E-state index in [4.69, 9.17) is 4.74 Å². The van der Waals surface area contributed by atoms with Crippen molar-refractivity contribution in [3.63, 3.8) is 0 Å². The Morgan fingerprint density at radius 1 is 1.48 bits per heavy atom. The number of carbonyl (C=O) groups excluding carboxylic acids is 1. The van der Waals surface area contributed by atoms with E-state index in [1.165, 1.54) is 0 Å². The predicted molar refractivity (Wildman–Crippen MR) is 80.3 cm³/mol. The molecular weight excluding hydrogens is 266 g/mol. The van der Waals surface area contributed by atoms with Crippen molar-refractivity contribution in [2.75, 3.05) is 33.3 Å². The van der Waals surface area contributed by atoms with E-state index in [9.17, 15) is 4.79 Å². The van der Waals surface area contributed by atoms with Gasteiger partial charge in [-0.3, -0.25) is 9.78 Å². The average Bonchev–Trinajstić information content (AvgIpc) is 2.53. The minimum absolute atomic E-state index is 0.0565. The fourth-order valence-corrected chi connectivity index (χ4v) is 3.33. The monoisotopic (exact) mass is 289 g/mol. The molecule has 0 bridgehead atoms. The molecule has 2 atom stereocenters. The third kappa shape index (κ3) is 2.80. The fourth-order valence-electron chi connectivity index (χ4n) is 3.33. The summed E-state index contributed by atoms with van der Waals surface area (Å²) in [7, 11) is 2.10. The zero-order valence-corrected chi connectivity index (χ0v) is 12.8. The molecule has 2 unspecified atom stereocenters. The molecule has 21 heavy (non-hydrogen) atoms. The minimum Gasteiger partial charge on any atom is -0.374 e. The first kappa shape index (κ1) is 14.5. The van der Waals surface area contributed by atoms with Crippen LogP contribution >= 0.6 is 0 Å². The first-order valence-electron chi connectivity index (χ1n) is 7.75. The van der Waals surface area contributed by atoms with Crippen molar-refractivity contribution in [1.29, 1.82) is 0 Å². The number of amides is 1. The smallest absolute Gasteiger partial charge is 0.273 e. The number of rotatable bonds is 2. The zero-order valence-electron chi connectivity index (χ0n) is 12.8. The van der Waals surface area contributed by atoms with Gasteiger partial charge in [0, 0.05) is 25.8 Å². The van der Waals surface area contributed by atoms with Crippen molar-refractivity contribution < 1.29 is 9.53 Å². The predicted octanol–water partition coefficient (Wildman–Crippen LogP) is 1.19. The summed E-state index contributed by atoms with van der Waals surface area (Å²) in [4.78, 5) is 21.5. The van der Waals surface area contributed by atoms with E-state index >= 15 is 0 Å². The van der Waals surface area contributed by atoms with Crippen molar-refractivity contribution in [3.8, 4) is 0 Å². The summed E-state index contributed by atoms with van der Waals surface area (Å²) in [5.74, 6) is 0.0565. The third-order valence-corrected chi connectivity index (χ3v) is 4.52. The lowest BCUT2D eigenvalue weighted by atomic mass is 9.98. The quantitative estimate of drug-likeness (QED) is 0.820. The topological polar surface area (TPSA) is 45.7 Å². The van der Waals surface area contributed by atoms with Crippen molar-refractivity contribution in [3.05, 3.63) is 29.6 Å². The van der Waals surface area contributed by atoms with Crippen LogP contribution in [0.3, 0.4) is 0 Å². The van der Waals surface area contributed by atoms with E-state index in [-0.39, 0.29) is 18.1 Å². The molecule has 0 spiro atoms. The number of carbonyl (C=O) groups is 1. The van der Waals surface area contributed by atoms with Crippen molar-refractivity contribution in [2.45, 2.75) is 31.9 Å². The Morgan fingerprint density at radius 2 is 2.33 bits per heavy atom. The van der Waals surface area contributed by atoms with Crippen LogP contribution in [0.2, 0.25) is 0 Å². The highest BCUT2D eigenvalue weighted by molar-refractivity contribution is 5.94. The van der Waals surface area contributed by atoms with E-state index in [0.717, 1.165) is 31.5 Å². The second kappa shape index (κ2) is 6.12. The molecule has 3 rings (SSSR count). The van der Waals surface area contributed by atoms with Gasteiger partial charge in [-0.25, -0.2) is 0 Å². The van der Waals surface area contributed by atoms with Gasteiger partial charge in [-0.2, -0.15) is 0 Å². The molecule has 2 aliphatic rings. The largest absolute Gasteiger partial charge is 0.374 e. The van der Waals surface area contributed by atoms with Crippen molar-refractivity contribution in [2.24, 2.45) is 0 Å². The van der Waals surface area contributed by atoms with Crippen LogP contribution in [0.1, 0.15) is 29.4 Å². The molecule has 0 aliphatic carbocycles. The molecule has 1 aromatic rings. The van der Waals surface area contributed by atoms with Crippen LogP contribution in [0.15, 0.2) is 18.3 Å². The summed E-state index contributed by atoms with van der Waals surface area (Å²) in [5.41, 5.74) is 1.63. The van der Waals surface area contributed by atoms with Gasteiger partial charge >= 0.3 is 0 Å². The number of piperidine rings is 1. The van der Waals surface area contributed by atoms with Crippen LogP contribution in [-0.4, -0.2) is 66.1 Å². The molecule has 3 heterocycles. The van der Waals surface area contributed by atoms with Crippen LogP contribution < -0.4 is 0 Å². The van der Waals surface area contributed by atoms with E-state index in [1.54, 1.807) is 6.20 Å². The molecule has 2 fully saturated rings. The fraction of sp³-hybridized carbons (Fsp3) is 0.625. The number of pyridine rings is 1. The standard InChI is InChI=1S/C16H23N3O2/c1-3-12-5-4-7-17-15(12)16(20)19-9-10-21-14-6-8-18(2)11-13(14)19/h4-5,7,13-14H,3,6,8-11H2,1-2H3. The van der Waals surface area contributed by atoms with Gasteiger partial charge < -0.3 is 14.5 Å². The molecule has 0 N–H and O–H groups in total. The summed E-state index contributed by atoms with van der Waals surface area (Å²) in [6.07, 6.45) is 3.70. The highest BCUT2D eigenvalue weighted by Crippen LogP contribution is 2.24. The van der Waals surface area contributed by atoms with Crippen molar-refractivity contribution in [1.82, 2.24) is 14.8 Å². The van der Waals surface area contributed by atoms with Crippen LogP contribution in [0.25, 0.3) is 0 Å². The lowest BCUT2D eigenvalue weighted by Gasteiger charge is -2.46. The molecule has 0 aromatic carbocycles. The van der Waals surface area contributed by atoms with Gasteiger partial charge in [0.25, 0.3) is 5.91 Å². The Bertz CT molecular complexity index is 520. The first-order chi connectivity index (χ1) is 10.2. The average molecular weight is 289 g/mol. The van der Waals surface area contributed by atoms with Gasteiger partial charge in [0.1, 0.15) is 5.69 Å². The molecule has 1 amide bonds. The number of aryl methyl sites for hydroxylation is 1. The highest BCUT2D eigenvalue weighted by atomic mass is 16.5. The first-order valence-corrected chi connectivity index (χ1v) is 7.75. The van der Waals surface area contributed by atoms with Crippen LogP contribution in [0.5, 0.6) is 0 Å². The Hall–Kier alpha value is -1.46. The van der Waals surface area contributed by atoms with E-state index in [2.05, 4.69) is 23.9 Å². The third-order valence-electron chi connectivity index (χ3n) is 4.52. The summed E-state index contributed by atoms with van der Waals surface area (Å²) in [6, 6.07) is 4.04. The summed E-state index contributed by atoms with van der Waals surface area (Å²) >= 11 is 0.